The normalized spacial score (nSPS) is 17.2. The molecule has 0 aromatic heterocycles. The van der Waals surface area contributed by atoms with Crippen molar-refractivity contribution in [3.63, 3.8) is 0 Å². The summed E-state index contributed by atoms with van der Waals surface area (Å²) >= 11 is 0. The van der Waals surface area contributed by atoms with Crippen molar-refractivity contribution in [1.82, 2.24) is 15.5 Å². The van der Waals surface area contributed by atoms with Gasteiger partial charge in [0.25, 0.3) is 0 Å². The molecule has 0 bridgehead atoms. The Kier molecular flexibility index (Phi) is 8.22. The van der Waals surface area contributed by atoms with Crippen LogP contribution in [0.1, 0.15) is 41.9 Å². The molecule has 1 saturated heterocycles. The van der Waals surface area contributed by atoms with E-state index in [1.807, 2.05) is 54.6 Å². The highest BCUT2D eigenvalue weighted by atomic mass is 16.5. The number of carboxylic acid groups (broad SMARTS) is 1. The van der Waals surface area contributed by atoms with Gasteiger partial charge in [-0.25, -0.2) is 4.79 Å². The van der Waals surface area contributed by atoms with E-state index in [2.05, 4.69) is 39.8 Å². The molecule has 1 aliphatic heterocycles. The summed E-state index contributed by atoms with van der Waals surface area (Å²) < 4.78 is 5.59. The molecule has 8 nitrogen and oxygen atoms in total. The van der Waals surface area contributed by atoms with E-state index in [4.69, 9.17) is 4.74 Å². The fraction of sp³-hybridized carbons (Fsp3) is 0.323. The number of likely N-dealkylation sites (tertiary alicyclic amines) is 1. The molecule has 3 N–H and O–H groups in total. The van der Waals surface area contributed by atoms with Gasteiger partial charge in [-0.1, -0.05) is 78.9 Å². The van der Waals surface area contributed by atoms with E-state index in [1.54, 1.807) is 0 Å². The molecule has 1 heterocycles. The van der Waals surface area contributed by atoms with Crippen molar-refractivity contribution in [2.45, 2.75) is 43.8 Å². The lowest BCUT2D eigenvalue weighted by atomic mass is 9.98. The number of carbonyl (C=O) groups is 3. The third-order valence-electron chi connectivity index (χ3n) is 7.47. The van der Waals surface area contributed by atoms with Crippen LogP contribution in [0.4, 0.5) is 4.79 Å². The second-order valence-corrected chi connectivity index (χ2v) is 10.2. The Balaban J connectivity index is 1.17. The number of alkyl carbamates (subject to hydrolysis) is 1. The van der Waals surface area contributed by atoms with Crippen molar-refractivity contribution >= 4 is 18.0 Å². The lowest BCUT2D eigenvalue weighted by molar-refractivity contribution is -0.137. The van der Waals surface area contributed by atoms with E-state index in [0.29, 0.717) is 6.54 Å². The molecule has 3 aromatic carbocycles. The molecule has 0 spiro atoms. The predicted molar refractivity (Wildman–Crippen MR) is 147 cm³/mol. The summed E-state index contributed by atoms with van der Waals surface area (Å²) in [6.07, 6.45) is -0.215. The molecule has 39 heavy (non-hydrogen) atoms. The molecular weight excluding hydrogens is 494 g/mol. The van der Waals surface area contributed by atoms with Crippen LogP contribution in [0.5, 0.6) is 0 Å². The van der Waals surface area contributed by atoms with Crippen molar-refractivity contribution in [3.05, 3.63) is 95.6 Å². The van der Waals surface area contributed by atoms with E-state index in [9.17, 15) is 19.5 Å². The van der Waals surface area contributed by atoms with E-state index < -0.39 is 24.0 Å². The van der Waals surface area contributed by atoms with Crippen LogP contribution in [-0.4, -0.2) is 59.8 Å². The van der Waals surface area contributed by atoms with Gasteiger partial charge in [-0.05, 0) is 40.7 Å². The maximum Gasteiger partial charge on any atom is 0.407 e. The van der Waals surface area contributed by atoms with E-state index in [1.165, 1.54) is 5.56 Å². The van der Waals surface area contributed by atoms with Gasteiger partial charge in [0.1, 0.15) is 12.6 Å². The lowest BCUT2D eigenvalue weighted by Gasteiger charge is -2.22. The van der Waals surface area contributed by atoms with Crippen LogP contribution in [0, 0.1) is 0 Å². The molecule has 0 radical (unpaired) electrons. The summed E-state index contributed by atoms with van der Waals surface area (Å²) in [5.41, 5.74) is 5.64. The second kappa shape index (κ2) is 12.1. The number of amides is 2. The van der Waals surface area contributed by atoms with Crippen molar-refractivity contribution < 1.29 is 24.2 Å². The number of aliphatic carboxylic acids is 1. The SMILES string of the molecule is O=C(O)CCC(NC(=O)OCC1c2ccccc2-c2ccccc21)C(=O)NC1CCN(Cc2ccccc2)C1. The fourth-order valence-corrected chi connectivity index (χ4v) is 5.56. The molecule has 1 fully saturated rings. The molecule has 0 saturated carbocycles. The largest absolute Gasteiger partial charge is 0.481 e. The van der Waals surface area contributed by atoms with Crippen LogP contribution in [0.25, 0.3) is 11.1 Å². The van der Waals surface area contributed by atoms with Crippen molar-refractivity contribution in [2.75, 3.05) is 19.7 Å². The Morgan fingerprint density at radius 3 is 2.23 bits per heavy atom. The first-order valence-corrected chi connectivity index (χ1v) is 13.4. The first-order chi connectivity index (χ1) is 19.0. The summed E-state index contributed by atoms with van der Waals surface area (Å²) in [7, 11) is 0. The van der Waals surface area contributed by atoms with Gasteiger partial charge in [-0.3, -0.25) is 14.5 Å². The number of fused-ring (bicyclic) bond motifs is 3. The summed E-state index contributed by atoms with van der Waals surface area (Å²) in [4.78, 5) is 39.4. The van der Waals surface area contributed by atoms with Crippen LogP contribution in [0.3, 0.4) is 0 Å². The highest BCUT2D eigenvalue weighted by Crippen LogP contribution is 2.44. The molecule has 8 heteroatoms. The number of hydrogen-bond acceptors (Lipinski definition) is 5. The molecular formula is C31H33N3O5. The Hall–Kier alpha value is -4.17. The number of ether oxygens (including phenoxy) is 1. The number of rotatable bonds is 10. The fourth-order valence-electron chi connectivity index (χ4n) is 5.56. The predicted octanol–water partition coefficient (Wildman–Crippen LogP) is 4.15. The van der Waals surface area contributed by atoms with E-state index in [-0.39, 0.29) is 31.4 Å². The Labute approximate surface area is 228 Å². The molecule has 1 aliphatic carbocycles. The van der Waals surface area contributed by atoms with Crippen molar-refractivity contribution in [1.29, 1.82) is 0 Å². The summed E-state index contributed by atoms with van der Waals surface area (Å²) in [6.45, 7) is 2.45. The van der Waals surface area contributed by atoms with Gasteiger partial charge in [0.15, 0.2) is 0 Å². The van der Waals surface area contributed by atoms with Crippen LogP contribution in [0.2, 0.25) is 0 Å². The maximum atomic E-state index is 13.1. The van der Waals surface area contributed by atoms with Gasteiger partial charge in [0.05, 0.1) is 0 Å². The number of nitrogens with zero attached hydrogens (tertiary/aromatic N) is 1. The van der Waals surface area contributed by atoms with Crippen LogP contribution in [0.15, 0.2) is 78.9 Å². The Morgan fingerprint density at radius 1 is 0.923 bits per heavy atom. The topological polar surface area (TPSA) is 108 Å². The van der Waals surface area contributed by atoms with Gasteiger partial charge in [0.2, 0.25) is 5.91 Å². The smallest absolute Gasteiger partial charge is 0.407 e. The minimum atomic E-state index is -1.03. The minimum Gasteiger partial charge on any atom is -0.481 e. The third-order valence-corrected chi connectivity index (χ3v) is 7.47. The van der Waals surface area contributed by atoms with Crippen LogP contribution in [-0.2, 0) is 20.9 Å². The molecule has 2 aliphatic rings. The molecule has 3 aromatic rings. The van der Waals surface area contributed by atoms with Gasteiger partial charge in [-0.2, -0.15) is 0 Å². The highest BCUT2D eigenvalue weighted by Gasteiger charge is 2.31. The highest BCUT2D eigenvalue weighted by molar-refractivity contribution is 5.86. The Bertz CT molecular complexity index is 1280. The van der Waals surface area contributed by atoms with Crippen LogP contribution < -0.4 is 10.6 Å². The number of nitrogens with one attached hydrogen (secondary N) is 2. The molecule has 5 rings (SSSR count). The minimum absolute atomic E-state index is 0.0220. The van der Waals surface area contributed by atoms with E-state index >= 15 is 0 Å². The lowest BCUT2D eigenvalue weighted by Crippen LogP contribution is -2.50. The number of carbonyl (C=O) groups excluding carboxylic acids is 2. The number of benzene rings is 3. The van der Waals surface area contributed by atoms with E-state index in [0.717, 1.165) is 41.8 Å². The average Bonchev–Trinajstić information content (AvgIpc) is 3.51. The van der Waals surface area contributed by atoms with Crippen molar-refractivity contribution in [3.8, 4) is 11.1 Å². The van der Waals surface area contributed by atoms with Gasteiger partial charge >= 0.3 is 12.1 Å². The molecule has 2 unspecified atom stereocenters. The monoisotopic (exact) mass is 527 g/mol. The Morgan fingerprint density at radius 2 is 1.56 bits per heavy atom. The second-order valence-electron chi connectivity index (χ2n) is 10.2. The average molecular weight is 528 g/mol. The summed E-state index contributed by atoms with van der Waals surface area (Å²) in [5, 5.41) is 14.8. The third kappa shape index (κ3) is 6.46. The first kappa shape index (κ1) is 26.4. The quantitative estimate of drug-likeness (QED) is 0.366. The number of hydrogen-bond donors (Lipinski definition) is 3. The molecule has 2 atom stereocenters. The van der Waals surface area contributed by atoms with Crippen LogP contribution >= 0.6 is 0 Å². The van der Waals surface area contributed by atoms with Gasteiger partial charge < -0.3 is 20.5 Å². The van der Waals surface area contributed by atoms with Gasteiger partial charge in [-0.15, -0.1) is 0 Å². The zero-order valence-corrected chi connectivity index (χ0v) is 21.7. The zero-order chi connectivity index (χ0) is 27.2. The van der Waals surface area contributed by atoms with Gasteiger partial charge in [0, 0.05) is 38.0 Å². The summed E-state index contributed by atoms with van der Waals surface area (Å²) in [5.74, 6) is -1.53. The first-order valence-electron chi connectivity index (χ1n) is 13.4. The molecule has 202 valence electrons. The molecule has 2 amide bonds. The standard InChI is InChI=1S/C31H33N3O5/c35-29(36)15-14-28(30(37)32-22-16-17-34(19-22)18-21-8-2-1-3-9-21)33-31(38)39-20-27-25-12-6-4-10-23(25)24-11-5-7-13-26(24)27/h1-13,22,27-28H,14-20H2,(H,32,37)(H,33,38)(H,35,36). The number of carboxylic acids is 1. The maximum absolute atomic E-state index is 13.1. The van der Waals surface area contributed by atoms with Crippen molar-refractivity contribution in [2.24, 2.45) is 0 Å². The zero-order valence-electron chi connectivity index (χ0n) is 21.7. The summed E-state index contributed by atoms with van der Waals surface area (Å²) in [6, 6.07) is 25.2.